The lowest BCUT2D eigenvalue weighted by atomic mass is 10.1. The fraction of sp³-hybridized carbons (Fsp3) is 0.382. The van der Waals surface area contributed by atoms with Crippen LogP contribution >= 0.6 is 0 Å². The van der Waals surface area contributed by atoms with Gasteiger partial charge in [0, 0.05) is 17.7 Å². The molecule has 7 heteroatoms. The zero-order valence-electron chi connectivity index (χ0n) is 24.5. The smallest absolute Gasteiger partial charge is 0.203 e. The molecule has 3 aromatic carbocycles. The van der Waals surface area contributed by atoms with Gasteiger partial charge in [-0.25, -0.2) is 4.68 Å². The number of nitrogens with zero attached hydrogens (tertiary/aromatic N) is 3. The molecule has 0 saturated carbocycles. The summed E-state index contributed by atoms with van der Waals surface area (Å²) in [4.78, 5) is 2.49. The summed E-state index contributed by atoms with van der Waals surface area (Å²) in [6.07, 6.45) is 3.94. The van der Waals surface area contributed by atoms with Gasteiger partial charge in [-0.2, -0.15) is 5.10 Å². The van der Waals surface area contributed by atoms with Crippen molar-refractivity contribution in [1.29, 1.82) is 0 Å². The number of hydrogen-bond acceptors (Lipinski definition) is 6. The predicted molar refractivity (Wildman–Crippen MR) is 164 cm³/mol. The highest BCUT2D eigenvalue weighted by Crippen LogP contribution is 2.43. The van der Waals surface area contributed by atoms with Crippen LogP contribution in [0.25, 0.3) is 28.2 Å². The molecule has 2 heterocycles. The van der Waals surface area contributed by atoms with E-state index < -0.39 is 0 Å². The molecule has 0 radical (unpaired) electrons. The number of ether oxygens (including phenoxy) is 4. The van der Waals surface area contributed by atoms with Crippen LogP contribution in [0.5, 0.6) is 23.0 Å². The highest BCUT2D eigenvalue weighted by molar-refractivity contribution is 5.74. The fourth-order valence-corrected chi connectivity index (χ4v) is 5.23. The molecule has 0 unspecified atom stereocenters. The van der Waals surface area contributed by atoms with Crippen molar-refractivity contribution in [2.75, 3.05) is 46.1 Å². The minimum atomic E-state index is 0.517. The van der Waals surface area contributed by atoms with Gasteiger partial charge in [0.05, 0.1) is 36.9 Å². The maximum atomic E-state index is 6.06. The topological polar surface area (TPSA) is 58.0 Å². The lowest BCUT2D eigenvalue weighted by Gasteiger charge is -2.26. The minimum absolute atomic E-state index is 0.517. The van der Waals surface area contributed by atoms with Crippen LogP contribution in [0.4, 0.5) is 0 Å². The summed E-state index contributed by atoms with van der Waals surface area (Å²) < 4.78 is 26.0. The Morgan fingerprint density at radius 3 is 1.98 bits per heavy atom. The number of aromatic nitrogens is 2. The summed E-state index contributed by atoms with van der Waals surface area (Å²) in [5.74, 6) is 2.82. The summed E-state index contributed by atoms with van der Waals surface area (Å²) in [5.41, 5.74) is 4.72. The van der Waals surface area contributed by atoms with E-state index in [1.807, 2.05) is 67.9 Å². The molecule has 1 aliphatic rings. The van der Waals surface area contributed by atoms with Gasteiger partial charge in [-0.05, 0) is 101 Å². The molecule has 0 atom stereocenters. The Morgan fingerprint density at radius 1 is 0.683 bits per heavy atom. The number of benzene rings is 3. The maximum Gasteiger partial charge on any atom is 0.203 e. The molecule has 41 heavy (non-hydrogen) atoms. The van der Waals surface area contributed by atoms with Crippen molar-refractivity contribution >= 4 is 0 Å². The number of para-hydroxylation sites is 1. The molecule has 1 saturated heterocycles. The lowest BCUT2D eigenvalue weighted by Crippen LogP contribution is -2.33. The summed E-state index contributed by atoms with van der Waals surface area (Å²) in [5, 5.41) is 5.05. The standard InChI is InChI=1S/C34H41N3O4/c1-4-38-32-23-27(24-33(39-5-2)34(32)40-6-3)31-25-30(35-37(31)28-13-9-7-10-14-28)26-15-17-29(18-16-26)41-22-21-36-19-11-8-12-20-36/h7,9-10,13-18,23-25H,4-6,8,11-12,19-22H2,1-3H3. The average Bonchev–Trinajstić information content (AvgIpc) is 3.46. The van der Waals surface area contributed by atoms with E-state index >= 15 is 0 Å². The number of piperidine rings is 1. The van der Waals surface area contributed by atoms with Gasteiger partial charge in [0.1, 0.15) is 12.4 Å². The van der Waals surface area contributed by atoms with E-state index in [0.717, 1.165) is 40.5 Å². The second-order valence-corrected chi connectivity index (χ2v) is 10.0. The van der Waals surface area contributed by atoms with Gasteiger partial charge in [-0.1, -0.05) is 24.6 Å². The van der Waals surface area contributed by atoms with E-state index in [0.29, 0.717) is 43.7 Å². The first-order chi connectivity index (χ1) is 20.2. The number of hydrogen-bond donors (Lipinski definition) is 0. The molecule has 0 aliphatic carbocycles. The summed E-state index contributed by atoms with van der Waals surface area (Å²) >= 11 is 0. The lowest BCUT2D eigenvalue weighted by molar-refractivity contribution is 0.183. The Balaban J connectivity index is 1.46. The monoisotopic (exact) mass is 555 g/mol. The normalized spacial score (nSPS) is 13.6. The van der Waals surface area contributed by atoms with E-state index in [2.05, 4.69) is 35.2 Å². The molecule has 0 spiro atoms. The van der Waals surface area contributed by atoms with Crippen molar-refractivity contribution in [1.82, 2.24) is 14.7 Å². The largest absolute Gasteiger partial charge is 0.492 e. The molecule has 4 aromatic rings. The molecular weight excluding hydrogens is 514 g/mol. The summed E-state index contributed by atoms with van der Waals surface area (Å²) in [7, 11) is 0. The second-order valence-electron chi connectivity index (χ2n) is 10.0. The van der Waals surface area contributed by atoms with Crippen LogP contribution in [0, 0.1) is 0 Å². The highest BCUT2D eigenvalue weighted by atomic mass is 16.5. The van der Waals surface area contributed by atoms with Crippen molar-refractivity contribution in [3.05, 3.63) is 72.8 Å². The highest BCUT2D eigenvalue weighted by Gasteiger charge is 2.20. The van der Waals surface area contributed by atoms with Crippen molar-refractivity contribution < 1.29 is 18.9 Å². The average molecular weight is 556 g/mol. The Kier molecular flexibility index (Phi) is 9.81. The number of likely N-dealkylation sites (tertiary alicyclic amines) is 1. The molecule has 1 aliphatic heterocycles. The first-order valence-corrected chi connectivity index (χ1v) is 14.9. The molecule has 0 N–H and O–H groups in total. The van der Waals surface area contributed by atoms with Gasteiger partial charge in [0.25, 0.3) is 0 Å². The Labute approximate surface area is 243 Å². The van der Waals surface area contributed by atoms with Crippen molar-refractivity contribution in [2.45, 2.75) is 40.0 Å². The summed E-state index contributed by atoms with van der Waals surface area (Å²) in [6.45, 7) is 11.5. The van der Waals surface area contributed by atoms with Gasteiger partial charge < -0.3 is 18.9 Å². The van der Waals surface area contributed by atoms with Gasteiger partial charge in [0.15, 0.2) is 11.5 Å². The van der Waals surface area contributed by atoms with E-state index in [1.54, 1.807) is 0 Å². The summed E-state index contributed by atoms with van der Waals surface area (Å²) in [6, 6.07) is 24.5. The molecule has 216 valence electrons. The molecule has 0 amide bonds. The number of rotatable bonds is 13. The Hall–Kier alpha value is -3.97. The van der Waals surface area contributed by atoms with E-state index in [4.69, 9.17) is 24.0 Å². The molecule has 7 nitrogen and oxygen atoms in total. The first kappa shape index (κ1) is 28.6. The van der Waals surface area contributed by atoms with Gasteiger partial charge in [0.2, 0.25) is 5.75 Å². The predicted octanol–water partition coefficient (Wildman–Crippen LogP) is 7.27. The van der Waals surface area contributed by atoms with E-state index in [1.165, 1.54) is 32.4 Å². The maximum absolute atomic E-state index is 6.06. The molecule has 1 fully saturated rings. The molecule has 0 bridgehead atoms. The van der Waals surface area contributed by atoms with Crippen LogP contribution in [-0.2, 0) is 0 Å². The zero-order valence-corrected chi connectivity index (χ0v) is 24.5. The Morgan fingerprint density at radius 2 is 1.34 bits per heavy atom. The zero-order chi connectivity index (χ0) is 28.4. The van der Waals surface area contributed by atoms with Crippen molar-refractivity contribution in [3.8, 4) is 51.2 Å². The van der Waals surface area contributed by atoms with Gasteiger partial charge in [-0.3, -0.25) is 4.90 Å². The first-order valence-electron chi connectivity index (χ1n) is 14.9. The molecule has 5 rings (SSSR count). The third-order valence-electron chi connectivity index (χ3n) is 7.19. The van der Waals surface area contributed by atoms with Crippen LogP contribution in [0.1, 0.15) is 40.0 Å². The van der Waals surface area contributed by atoms with Crippen LogP contribution in [-0.4, -0.2) is 60.7 Å². The molecular formula is C34H41N3O4. The van der Waals surface area contributed by atoms with Crippen LogP contribution in [0.2, 0.25) is 0 Å². The van der Waals surface area contributed by atoms with E-state index in [-0.39, 0.29) is 0 Å². The van der Waals surface area contributed by atoms with Crippen molar-refractivity contribution in [3.63, 3.8) is 0 Å². The van der Waals surface area contributed by atoms with Gasteiger partial charge >= 0.3 is 0 Å². The minimum Gasteiger partial charge on any atom is -0.492 e. The van der Waals surface area contributed by atoms with Crippen LogP contribution in [0.3, 0.4) is 0 Å². The van der Waals surface area contributed by atoms with Crippen LogP contribution < -0.4 is 18.9 Å². The van der Waals surface area contributed by atoms with Crippen LogP contribution in [0.15, 0.2) is 72.8 Å². The third kappa shape index (κ3) is 7.03. The molecule has 1 aromatic heterocycles. The van der Waals surface area contributed by atoms with E-state index in [9.17, 15) is 0 Å². The second kappa shape index (κ2) is 14.1. The SMILES string of the molecule is CCOc1cc(-c2cc(-c3ccc(OCCN4CCCCC4)cc3)nn2-c2ccccc2)cc(OCC)c1OCC. The van der Waals surface area contributed by atoms with Crippen molar-refractivity contribution in [2.24, 2.45) is 0 Å². The quantitative estimate of drug-likeness (QED) is 0.173. The van der Waals surface area contributed by atoms with Gasteiger partial charge in [-0.15, -0.1) is 0 Å². The Bertz CT molecular complexity index is 1350. The fourth-order valence-electron chi connectivity index (χ4n) is 5.23. The third-order valence-corrected chi connectivity index (χ3v) is 7.19.